The Balaban J connectivity index is 1.62. The summed E-state index contributed by atoms with van der Waals surface area (Å²) in [5.74, 6) is -0.427. The number of aromatic nitrogens is 2. The quantitative estimate of drug-likeness (QED) is 0.762. The van der Waals surface area contributed by atoms with Gasteiger partial charge >= 0.3 is 0 Å². The number of nitrogens with zero attached hydrogens (tertiary/aromatic N) is 3. The van der Waals surface area contributed by atoms with Gasteiger partial charge in [-0.1, -0.05) is 12.1 Å². The lowest BCUT2D eigenvalue weighted by molar-refractivity contribution is -0.127. The Labute approximate surface area is 138 Å². The van der Waals surface area contributed by atoms with Crippen molar-refractivity contribution in [3.63, 3.8) is 0 Å². The molecule has 0 bridgehead atoms. The molecular weight excluding hydrogens is 338 g/mol. The summed E-state index contributed by atoms with van der Waals surface area (Å²) < 4.78 is 22.2. The number of carbonyl (C=O) groups is 1. The Morgan fingerprint density at radius 3 is 2.74 bits per heavy atom. The number of benzene rings is 1. The number of likely N-dealkylation sites (tertiary alicyclic amines) is 1. The Morgan fingerprint density at radius 1 is 1.26 bits per heavy atom. The molecule has 1 aliphatic heterocycles. The van der Waals surface area contributed by atoms with Gasteiger partial charge in [0.1, 0.15) is 0 Å². The van der Waals surface area contributed by atoms with Gasteiger partial charge in [0.25, 0.3) is 0 Å². The van der Waals surface area contributed by atoms with Gasteiger partial charge in [-0.25, -0.2) is 13.4 Å². The summed E-state index contributed by atoms with van der Waals surface area (Å²) >= 11 is 0. The highest BCUT2D eigenvalue weighted by Crippen LogP contribution is 2.21. The van der Waals surface area contributed by atoms with Crippen molar-refractivity contribution in [1.82, 2.24) is 14.9 Å². The number of hydrogen-bond donors (Lipinski definition) is 0. The fourth-order valence-corrected chi connectivity index (χ4v) is 4.15. The van der Waals surface area contributed by atoms with Crippen LogP contribution in [0.1, 0.15) is 12.1 Å². The summed E-state index contributed by atoms with van der Waals surface area (Å²) in [6.07, 6.45) is 2.53. The number of fused-ring (bicyclic) bond motifs is 1. The average molecular weight is 354 g/mol. The Bertz CT molecular complexity index is 841. The normalized spacial score (nSPS) is 18.7. The van der Waals surface area contributed by atoms with E-state index in [0.29, 0.717) is 19.5 Å². The van der Waals surface area contributed by atoms with E-state index in [-0.39, 0.29) is 24.0 Å². The third-order valence-corrected chi connectivity index (χ3v) is 5.11. The minimum absolute atomic E-state index is 0.0379. The third kappa shape index (κ3) is 4.17. The Kier molecular flexibility index (Phi) is 4.50. The fourth-order valence-electron chi connectivity index (χ4n) is 2.83. The first kappa shape index (κ1) is 16.1. The van der Waals surface area contributed by atoms with Crippen molar-refractivity contribution in [1.29, 1.82) is 0 Å². The number of carbonyl (C=O) groups excluding carboxylic acids is 1. The van der Waals surface area contributed by atoms with Crippen LogP contribution < -0.4 is 0 Å². The van der Waals surface area contributed by atoms with Crippen LogP contribution in [0.5, 0.6) is 0 Å². The molecule has 8 heteroatoms. The molecule has 1 fully saturated rings. The summed E-state index contributed by atoms with van der Waals surface area (Å²) in [6.45, 7) is 0.927. The van der Waals surface area contributed by atoms with Crippen LogP contribution in [0.2, 0.25) is 0 Å². The van der Waals surface area contributed by atoms with Crippen molar-refractivity contribution < 1.29 is 13.2 Å². The summed E-state index contributed by atoms with van der Waals surface area (Å²) in [5, 5.41) is 0. The van der Waals surface area contributed by atoms with E-state index >= 15 is 0 Å². The second-order valence-electron chi connectivity index (χ2n) is 5.72. The molecule has 1 amide bonds. The van der Waals surface area contributed by atoms with Gasteiger partial charge in [-0.2, -0.15) is 0 Å². The van der Waals surface area contributed by atoms with Crippen molar-refractivity contribution in [3.8, 4) is 0 Å². The molecule has 1 aliphatic rings. The predicted octanol–water partition coefficient (Wildman–Crippen LogP) is 1.59. The lowest BCUT2D eigenvalue weighted by Crippen LogP contribution is -2.28. The molecule has 0 N–H and O–H groups in total. The molecule has 0 radical (unpaired) electrons. The molecule has 0 aliphatic carbocycles. The van der Waals surface area contributed by atoms with Gasteiger partial charge in [-0.3, -0.25) is 9.78 Å². The zero-order valence-corrected chi connectivity index (χ0v) is 13.9. The minimum Gasteiger partial charge on any atom is -0.342 e. The molecule has 122 valence electrons. The molecule has 0 spiro atoms. The number of rotatable bonds is 5. The van der Waals surface area contributed by atoms with Crippen LogP contribution in [0.4, 0.5) is 0 Å². The maximum Gasteiger partial charge on any atom is 0.232 e. The second-order valence-corrected chi connectivity index (χ2v) is 8.54. The van der Waals surface area contributed by atoms with Gasteiger partial charge in [-0.15, -0.1) is 0 Å². The molecule has 23 heavy (non-hydrogen) atoms. The van der Waals surface area contributed by atoms with Crippen LogP contribution in [0.3, 0.4) is 0 Å². The Morgan fingerprint density at radius 2 is 2.00 bits per heavy atom. The summed E-state index contributed by atoms with van der Waals surface area (Å²) in [7, 11) is 1.69. The molecule has 3 rings (SSSR count). The monoisotopic (exact) mass is 353 g/mol. The van der Waals surface area contributed by atoms with E-state index in [1.165, 1.54) is 0 Å². The maximum absolute atomic E-state index is 12.0. The van der Waals surface area contributed by atoms with E-state index in [2.05, 4.69) is 9.97 Å². The highest BCUT2D eigenvalue weighted by molar-refractivity contribution is 8.13. The first-order valence-corrected chi connectivity index (χ1v) is 9.79. The average Bonchev–Trinajstić information content (AvgIpc) is 2.82. The predicted molar refractivity (Wildman–Crippen MR) is 87.6 cm³/mol. The van der Waals surface area contributed by atoms with Crippen molar-refractivity contribution >= 4 is 36.7 Å². The van der Waals surface area contributed by atoms with Gasteiger partial charge in [0, 0.05) is 48.7 Å². The molecule has 2 heterocycles. The second kappa shape index (κ2) is 6.41. The van der Waals surface area contributed by atoms with Crippen molar-refractivity contribution in [2.75, 3.05) is 18.8 Å². The molecule has 1 atom stereocenters. The molecule has 0 saturated carbocycles. The number of halogens is 1. The van der Waals surface area contributed by atoms with Crippen molar-refractivity contribution in [2.24, 2.45) is 5.92 Å². The van der Waals surface area contributed by atoms with Crippen LogP contribution in [0, 0.1) is 5.92 Å². The first-order chi connectivity index (χ1) is 10.9. The highest BCUT2D eigenvalue weighted by atomic mass is 35.7. The number of hydrogen-bond acceptors (Lipinski definition) is 5. The van der Waals surface area contributed by atoms with Crippen LogP contribution in [-0.2, 0) is 20.3 Å². The number of para-hydroxylation sites is 2. The van der Waals surface area contributed by atoms with E-state index in [9.17, 15) is 13.2 Å². The molecule has 1 aromatic carbocycles. The van der Waals surface area contributed by atoms with Crippen LogP contribution >= 0.6 is 10.7 Å². The fraction of sp³-hybridized carbons (Fsp3) is 0.400. The van der Waals surface area contributed by atoms with E-state index in [0.717, 1.165) is 16.7 Å². The van der Waals surface area contributed by atoms with E-state index in [4.69, 9.17) is 10.7 Å². The first-order valence-electron chi connectivity index (χ1n) is 7.31. The zero-order chi connectivity index (χ0) is 16.4. The SMILES string of the molecule is O=C1CC(CS(=O)(=O)Cl)CN1CCc1cnc2ccccc2n1. The standard InChI is InChI=1S/C15H16ClN3O3S/c16-23(21,22)10-11-7-15(20)19(9-11)6-5-12-8-17-13-3-1-2-4-14(13)18-12/h1-4,8,11H,5-7,9-10H2. The summed E-state index contributed by atoms with van der Waals surface area (Å²) in [6, 6.07) is 7.61. The minimum atomic E-state index is -3.57. The topological polar surface area (TPSA) is 80.2 Å². The van der Waals surface area contributed by atoms with Gasteiger partial charge in [-0.05, 0) is 12.1 Å². The lowest BCUT2D eigenvalue weighted by atomic mass is 10.1. The lowest BCUT2D eigenvalue weighted by Gasteiger charge is -2.16. The Hall–Kier alpha value is -1.73. The zero-order valence-electron chi connectivity index (χ0n) is 12.4. The van der Waals surface area contributed by atoms with E-state index in [1.54, 1.807) is 11.1 Å². The van der Waals surface area contributed by atoms with E-state index in [1.807, 2.05) is 24.3 Å². The molecule has 6 nitrogen and oxygen atoms in total. The van der Waals surface area contributed by atoms with Gasteiger partial charge in [0.05, 0.1) is 22.5 Å². The van der Waals surface area contributed by atoms with Crippen LogP contribution in [0.25, 0.3) is 11.0 Å². The van der Waals surface area contributed by atoms with Gasteiger partial charge in [0.2, 0.25) is 15.0 Å². The third-order valence-electron chi connectivity index (χ3n) is 3.87. The number of amides is 1. The maximum atomic E-state index is 12.0. The molecular formula is C15H16ClN3O3S. The molecule has 1 aromatic heterocycles. The smallest absolute Gasteiger partial charge is 0.232 e. The molecule has 1 saturated heterocycles. The van der Waals surface area contributed by atoms with Crippen molar-refractivity contribution in [2.45, 2.75) is 12.8 Å². The van der Waals surface area contributed by atoms with Crippen LogP contribution in [-0.4, -0.2) is 48.0 Å². The largest absolute Gasteiger partial charge is 0.342 e. The van der Waals surface area contributed by atoms with Gasteiger partial charge < -0.3 is 4.90 Å². The van der Waals surface area contributed by atoms with Crippen molar-refractivity contribution in [3.05, 3.63) is 36.2 Å². The van der Waals surface area contributed by atoms with Gasteiger partial charge in [0.15, 0.2) is 0 Å². The summed E-state index contributed by atoms with van der Waals surface area (Å²) in [5.41, 5.74) is 2.47. The molecule has 1 unspecified atom stereocenters. The molecule has 2 aromatic rings. The van der Waals surface area contributed by atoms with E-state index < -0.39 is 9.05 Å². The van der Waals surface area contributed by atoms with Crippen LogP contribution in [0.15, 0.2) is 30.5 Å². The summed E-state index contributed by atoms with van der Waals surface area (Å²) in [4.78, 5) is 22.5. The highest BCUT2D eigenvalue weighted by Gasteiger charge is 2.31.